The number of carbonyl (C=O) groups excluding carboxylic acids is 1. The van der Waals surface area contributed by atoms with Crippen LogP contribution >= 0.6 is 0 Å². The van der Waals surface area contributed by atoms with Gasteiger partial charge < -0.3 is 15.4 Å². The molecule has 1 saturated heterocycles. The molecule has 132 valence electrons. The van der Waals surface area contributed by atoms with E-state index < -0.39 is 0 Å². The van der Waals surface area contributed by atoms with Crippen LogP contribution in [0, 0.1) is 0 Å². The summed E-state index contributed by atoms with van der Waals surface area (Å²) in [6.45, 7) is 3.50. The molecule has 2 N–H and O–H groups in total. The van der Waals surface area contributed by atoms with E-state index in [-0.39, 0.29) is 11.9 Å². The first kappa shape index (κ1) is 17.2. The summed E-state index contributed by atoms with van der Waals surface area (Å²) in [5.74, 6) is 0.00694. The summed E-state index contributed by atoms with van der Waals surface area (Å²) >= 11 is 0. The highest BCUT2D eigenvalue weighted by Gasteiger charge is 2.25. The van der Waals surface area contributed by atoms with E-state index >= 15 is 0 Å². The second-order valence-electron chi connectivity index (χ2n) is 5.89. The van der Waals surface area contributed by atoms with Crippen LogP contribution in [0.15, 0.2) is 36.9 Å². The zero-order valence-corrected chi connectivity index (χ0v) is 14.2. The van der Waals surface area contributed by atoms with Crippen molar-refractivity contribution in [3.05, 3.63) is 48.0 Å². The van der Waals surface area contributed by atoms with E-state index in [0.29, 0.717) is 25.6 Å². The summed E-state index contributed by atoms with van der Waals surface area (Å²) < 4.78 is 4.97. The first-order valence-electron chi connectivity index (χ1n) is 8.22. The predicted molar refractivity (Wildman–Crippen MR) is 91.7 cm³/mol. The van der Waals surface area contributed by atoms with Crippen LogP contribution in [0.2, 0.25) is 0 Å². The van der Waals surface area contributed by atoms with Gasteiger partial charge in [0.2, 0.25) is 5.91 Å². The van der Waals surface area contributed by atoms with Gasteiger partial charge in [-0.3, -0.25) is 14.7 Å². The predicted octanol–water partition coefficient (Wildman–Crippen LogP) is -0.0296. The molecule has 0 aromatic carbocycles. The number of hydrogen-bond donors (Lipinski definition) is 2. The molecule has 3 heterocycles. The van der Waals surface area contributed by atoms with E-state index in [1.165, 1.54) is 0 Å². The Labute approximate surface area is 146 Å². The Morgan fingerprint density at radius 2 is 2.08 bits per heavy atom. The Morgan fingerprint density at radius 3 is 2.80 bits per heavy atom. The number of rotatable bonds is 6. The molecular weight excluding hydrogens is 320 g/mol. The molecule has 0 radical (unpaired) electrons. The standard InChI is InChI=1S/C17H22N6O2/c1-25-17-21-9-14(10-22-17)11-23-7-6-19-15(12-23)16(24)20-8-13-2-4-18-5-3-13/h2-5,9-10,15,19H,6-8,11-12H2,1H3,(H,20,24)/t15-/m0/s1. The number of pyridine rings is 1. The highest BCUT2D eigenvalue weighted by atomic mass is 16.5. The lowest BCUT2D eigenvalue weighted by molar-refractivity contribution is -0.124. The van der Waals surface area contributed by atoms with Crippen molar-refractivity contribution in [2.75, 3.05) is 26.7 Å². The molecule has 2 aromatic rings. The fourth-order valence-electron chi connectivity index (χ4n) is 2.73. The van der Waals surface area contributed by atoms with E-state index in [2.05, 4.69) is 30.5 Å². The van der Waals surface area contributed by atoms with Crippen molar-refractivity contribution < 1.29 is 9.53 Å². The normalized spacial score (nSPS) is 17.9. The van der Waals surface area contributed by atoms with Crippen molar-refractivity contribution >= 4 is 5.91 Å². The Balaban J connectivity index is 1.50. The SMILES string of the molecule is COc1ncc(CN2CCN[C@H](C(=O)NCc3ccncc3)C2)cn1. The van der Waals surface area contributed by atoms with Crippen LogP contribution in [0.3, 0.4) is 0 Å². The van der Waals surface area contributed by atoms with Gasteiger partial charge in [-0.05, 0) is 17.7 Å². The average Bonchev–Trinajstić information content (AvgIpc) is 2.68. The lowest BCUT2D eigenvalue weighted by atomic mass is 10.1. The Bertz CT molecular complexity index is 679. The number of nitrogens with one attached hydrogen (secondary N) is 2. The molecule has 0 unspecified atom stereocenters. The number of carbonyl (C=O) groups is 1. The molecule has 1 aliphatic rings. The highest BCUT2D eigenvalue weighted by Crippen LogP contribution is 2.08. The molecule has 0 saturated carbocycles. The minimum Gasteiger partial charge on any atom is -0.467 e. The van der Waals surface area contributed by atoms with Gasteiger partial charge in [-0.15, -0.1) is 0 Å². The number of nitrogens with zero attached hydrogens (tertiary/aromatic N) is 4. The fraction of sp³-hybridized carbons (Fsp3) is 0.412. The number of piperazine rings is 1. The first-order chi connectivity index (χ1) is 12.2. The number of ether oxygens (including phenoxy) is 1. The van der Waals surface area contributed by atoms with Crippen LogP contribution in [0.5, 0.6) is 6.01 Å². The zero-order valence-electron chi connectivity index (χ0n) is 14.2. The van der Waals surface area contributed by atoms with Crippen LogP contribution in [-0.4, -0.2) is 58.5 Å². The van der Waals surface area contributed by atoms with E-state index in [9.17, 15) is 4.79 Å². The highest BCUT2D eigenvalue weighted by molar-refractivity contribution is 5.82. The molecule has 2 aromatic heterocycles. The number of amides is 1. The third-order valence-electron chi connectivity index (χ3n) is 4.06. The van der Waals surface area contributed by atoms with Crippen molar-refractivity contribution in [1.29, 1.82) is 0 Å². The van der Waals surface area contributed by atoms with E-state index in [4.69, 9.17) is 4.74 Å². The van der Waals surface area contributed by atoms with Gasteiger partial charge in [-0.25, -0.2) is 9.97 Å². The molecule has 1 atom stereocenters. The maximum absolute atomic E-state index is 12.4. The second-order valence-corrected chi connectivity index (χ2v) is 5.89. The van der Waals surface area contributed by atoms with Crippen molar-refractivity contribution in [1.82, 2.24) is 30.5 Å². The summed E-state index contributed by atoms with van der Waals surface area (Å²) in [6.07, 6.45) is 6.96. The van der Waals surface area contributed by atoms with Crippen LogP contribution in [-0.2, 0) is 17.9 Å². The van der Waals surface area contributed by atoms with Crippen LogP contribution in [0.25, 0.3) is 0 Å². The van der Waals surface area contributed by atoms with Gasteiger partial charge >= 0.3 is 6.01 Å². The Hall–Kier alpha value is -2.58. The van der Waals surface area contributed by atoms with Crippen LogP contribution < -0.4 is 15.4 Å². The molecule has 1 fully saturated rings. The molecule has 1 amide bonds. The van der Waals surface area contributed by atoms with E-state index in [1.54, 1.807) is 31.9 Å². The van der Waals surface area contributed by atoms with Gasteiger partial charge in [0.05, 0.1) is 13.2 Å². The number of aromatic nitrogens is 3. The summed E-state index contributed by atoms with van der Waals surface area (Å²) in [4.78, 5) is 26.8. The smallest absolute Gasteiger partial charge is 0.316 e. The van der Waals surface area contributed by atoms with Gasteiger partial charge in [-0.2, -0.15) is 0 Å². The minimum absolute atomic E-state index is 0.00694. The molecule has 25 heavy (non-hydrogen) atoms. The van der Waals surface area contributed by atoms with Gasteiger partial charge in [0, 0.05) is 63.1 Å². The molecule has 1 aliphatic heterocycles. The summed E-state index contributed by atoms with van der Waals surface area (Å²) in [6, 6.07) is 3.92. The summed E-state index contributed by atoms with van der Waals surface area (Å²) in [7, 11) is 1.54. The minimum atomic E-state index is -0.227. The third kappa shape index (κ3) is 4.94. The maximum Gasteiger partial charge on any atom is 0.316 e. The average molecular weight is 342 g/mol. The molecule has 3 rings (SSSR count). The van der Waals surface area contributed by atoms with E-state index in [1.807, 2.05) is 12.1 Å². The van der Waals surface area contributed by atoms with E-state index in [0.717, 1.165) is 24.2 Å². The quantitative estimate of drug-likeness (QED) is 0.761. The van der Waals surface area contributed by atoms with Gasteiger partial charge in [0.15, 0.2) is 0 Å². The van der Waals surface area contributed by atoms with Gasteiger partial charge in [0.1, 0.15) is 0 Å². The van der Waals surface area contributed by atoms with Gasteiger partial charge in [0.25, 0.3) is 0 Å². The first-order valence-corrected chi connectivity index (χ1v) is 8.22. The molecule has 8 nitrogen and oxygen atoms in total. The topological polar surface area (TPSA) is 92.3 Å². The van der Waals surface area contributed by atoms with Crippen LogP contribution in [0.4, 0.5) is 0 Å². The lowest BCUT2D eigenvalue weighted by Crippen LogP contribution is -2.56. The molecule has 0 bridgehead atoms. The second kappa shape index (κ2) is 8.50. The Morgan fingerprint density at radius 1 is 1.32 bits per heavy atom. The lowest BCUT2D eigenvalue weighted by Gasteiger charge is -2.32. The molecular formula is C17H22N6O2. The number of hydrogen-bond acceptors (Lipinski definition) is 7. The molecule has 0 aliphatic carbocycles. The Kier molecular flexibility index (Phi) is 5.86. The van der Waals surface area contributed by atoms with Crippen molar-refractivity contribution in [3.63, 3.8) is 0 Å². The fourth-order valence-corrected chi connectivity index (χ4v) is 2.73. The number of methoxy groups -OCH3 is 1. The van der Waals surface area contributed by atoms with Crippen molar-refractivity contribution in [2.45, 2.75) is 19.1 Å². The molecule has 0 spiro atoms. The maximum atomic E-state index is 12.4. The van der Waals surface area contributed by atoms with Gasteiger partial charge in [-0.1, -0.05) is 0 Å². The molecule has 8 heteroatoms. The monoisotopic (exact) mass is 342 g/mol. The zero-order chi connectivity index (χ0) is 17.5. The van der Waals surface area contributed by atoms with Crippen molar-refractivity contribution in [3.8, 4) is 6.01 Å². The summed E-state index contributed by atoms with van der Waals surface area (Å²) in [5, 5.41) is 6.24. The van der Waals surface area contributed by atoms with Crippen molar-refractivity contribution in [2.24, 2.45) is 0 Å². The third-order valence-corrected chi connectivity index (χ3v) is 4.06. The largest absolute Gasteiger partial charge is 0.467 e. The summed E-state index contributed by atoms with van der Waals surface area (Å²) in [5.41, 5.74) is 2.03. The van der Waals surface area contributed by atoms with Crippen LogP contribution in [0.1, 0.15) is 11.1 Å².